The zero-order chi connectivity index (χ0) is 13.0. The lowest BCUT2D eigenvalue weighted by atomic mass is 10.1. The van der Waals surface area contributed by atoms with Crippen molar-refractivity contribution < 1.29 is 24.2 Å². The molecule has 0 atom stereocenters. The molecule has 1 aromatic carbocycles. The van der Waals surface area contributed by atoms with Crippen molar-refractivity contribution in [2.45, 2.75) is 6.92 Å². The average Bonchev–Trinajstić information content (AvgIpc) is 2.31. The maximum atomic E-state index is 11.6. The van der Waals surface area contributed by atoms with Crippen LogP contribution in [0.25, 0.3) is 0 Å². The van der Waals surface area contributed by atoms with Gasteiger partial charge in [0.2, 0.25) is 0 Å². The van der Waals surface area contributed by atoms with Crippen LogP contribution in [-0.2, 0) is 9.53 Å². The molecule has 5 nitrogen and oxygen atoms in total. The van der Waals surface area contributed by atoms with E-state index in [1.165, 1.54) is 13.2 Å². The van der Waals surface area contributed by atoms with E-state index in [0.717, 1.165) is 6.07 Å². The highest BCUT2D eigenvalue weighted by atomic mass is 35.5. The summed E-state index contributed by atoms with van der Waals surface area (Å²) in [5.74, 6) is -2.08. The van der Waals surface area contributed by atoms with Crippen molar-refractivity contribution in [3.05, 3.63) is 22.7 Å². The van der Waals surface area contributed by atoms with Crippen molar-refractivity contribution >= 4 is 23.4 Å². The second-order valence-electron chi connectivity index (χ2n) is 3.05. The molecule has 17 heavy (non-hydrogen) atoms. The Morgan fingerprint density at radius 2 is 2.06 bits per heavy atom. The zero-order valence-corrected chi connectivity index (χ0v) is 10.1. The van der Waals surface area contributed by atoms with Crippen LogP contribution in [0, 0.1) is 0 Å². The fourth-order valence-corrected chi connectivity index (χ4v) is 1.43. The van der Waals surface area contributed by atoms with E-state index in [1.807, 2.05) is 0 Å². The van der Waals surface area contributed by atoms with Gasteiger partial charge in [-0.25, -0.2) is 4.79 Å². The molecule has 0 aliphatic heterocycles. The van der Waals surface area contributed by atoms with Gasteiger partial charge in [-0.15, -0.1) is 0 Å². The SMILES string of the molecule is CCOC(=O)C(=O)c1cc(O)c(OC)cc1Cl. The number of benzene rings is 1. The molecule has 0 radical (unpaired) electrons. The fraction of sp³-hybridized carbons (Fsp3) is 0.273. The molecule has 0 spiro atoms. The lowest BCUT2D eigenvalue weighted by Gasteiger charge is -2.07. The van der Waals surface area contributed by atoms with Gasteiger partial charge in [-0.2, -0.15) is 0 Å². The molecule has 0 unspecified atom stereocenters. The molecule has 1 aromatic rings. The van der Waals surface area contributed by atoms with E-state index in [9.17, 15) is 14.7 Å². The van der Waals surface area contributed by atoms with Gasteiger partial charge in [-0.05, 0) is 13.0 Å². The molecule has 0 heterocycles. The second-order valence-corrected chi connectivity index (χ2v) is 3.46. The molecule has 0 saturated heterocycles. The first-order chi connectivity index (χ1) is 8.01. The summed E-state index contributed by atoms with van der Waals surface area (Å²) in [7, 11) is 1.35. The zero-order valence-electron chi connectivity index (χ0n) is 9.32. The van der Waals surface area contributed by atoms with Crippen molar-refractivity contribution in [3.63, 3.8) is 0 Å². The van der Waals surface area contributed by atoms with Crippen molar-refractivity contribution in [1.29, 1.82) is 0 Å². The van der Waals surface area contributed by atoms with Crippen LogP contribution in [0.2, 0.25) is 5.02 Å². The first-order valence-electron chi connectivity index (χ1n) is 4.79. The van der Waals surface area contributed by atoms with Gasteiger partial charge in [0.25, 0.3) is 5.78 Å². The van der Waals surface area contributed by atoms with Crippen LogP contribution in [0.5, 0.6) is 11.5 Å². The number of hydrogen-bond donors (Lipinski definition) is 1. The van der Waals surface area contributed by atoms with Crippen LogP contribution >= 0.6 is 11.6 Å². The number of carbonyl (C=O) groups is 2. The summed E-state index contributed by atoms with van der Waals surface area (Å²) in [4.78, 5) is 22.8. The highest BCUT2D eigenvalue weighted by Gasteiger charge is 2.22. The van der Waals surface area contributed by atoms with Gasteiger partial charge in [0, 0.05) is 6.07 Å². The first-order valence-corrected chi connectivity index (χ1v) is 5.17. The predicted molar refractivity (Wildman–Crippen MR) is 60.6 cm³/mol. The Morgan fingerprint density at radius 1 is 1.41 bits per heavy atom. The molecule has 6 heteroatoms. The predicted octanol–water partition coefficient (Wildman–Crippen LogP) is 1.80. The molecule has 0 aliphatic rings. The minimum Gasteiger partial charge on any atom is -0.504 e. The molecule has 92 valence electrons. The fourth-order valence-electron chi connectivity index (χ4n) is 1.19. The van der Waals surface area contributed by atoms with Crippen LogP contribution in [-0.4, -0.2) is 30.6 Å². The van der Waals surface area contributed by atoms with E-state index in [-0.39, 0.29) is 28.7 Å². The van der Waals surface area contributed by atoms with Crippen molar-refractivity contribution in [1.82, 2.24) is 0 Å². The van der Waals surface area contributed by atoms with Gasteiger partial charge in [0.15, 0.2) is 11.5 Å². The first kappa shape index (κ1) is 13.3. The molecule has 1 N–H and O–H groups in total. The Kier molecular flexibility index (Phi) is 4.34. The molecule has 0 bridgehead atoms. The number of rotatable bonds is 4. The van der Waals surface area contributed by atoms with E-state index in [1.54, 1.807) is 6.92 Å². The molecule has 0 saturated carbocycles. The minimum atomic E-state index is -1.01. The Labute approximate surface area is 103 Å². The van der Waals surface area contributed by atoms with Gasteiger partial charge in [-0.3, -0.25) is 4.79 Å². The lowest BCUT2D eigenvalue weighted by Crippen LogP contribution is -2.17. The Hall–Kier alpha value is -1.75. The second kappa shape index (κ2) is 5.54. The van der Waals surface area contributed by atoms with E-state index in [2.05, 4.69) is 4.74 Å². The smallest absolute Gasteiger partial charge is 0.379 e. The Morgan fingerprint density at radius 3 is 2.59 bits per heavy atom. The number of ether oxygens (including phenoxy) is 2. The molecular formula is C11H11ClO5. The monoisotopic (exact) mass is 258 g/mol. The number of esters is 1. The summed E-state index contributed by atoms with van der Waals surface area (Å²) >= 11 is 5.80. The maximum absolute atomic E-state index is 11.6. The topological polar surface area (TPSA) is 72.8 Å². The third-order valence-electron chi connectivity index (χ3n) is 1.97. The summed E-state index contributed by atoms with van der Waals surface area (Å²) in [6.07, 6.45) is 0. The normalized spacial score (nSPS) is 9.82. The van der Waals surface area contributed by atoms with E-state index in [0.29, 0.717) is 0 Å². The summed E-state index contributed by atoms with van der Waals surface area (Å²) in [5, 5.41) is 9.50. The summed E-state index contributed by atoms with van der Waals surface area (Å²) in [6.45, 7) is 1.67. The van der Waals surface area contributed by atoms with Crippen LogP contribution in [0.1, 0.15) is 17.3 Å². The molecule has 1 rings (SSSR count). The van der Waals surface area contributed by atoms with Crippen LogP contribution in [0.15, 0.2) is 12.1 Å². The molecule has 0 amide bonds. The van der Waals surface area contributed by atoms with Crippen LogP contribution in [0.3, 0.4) is 0 Å². The van der Waals surface area contributed by atoms with Gasteiger partial charge in [0.1, 0.15) is 0 Å². The van der Waals surface area contributed by atoms with E-state index >= 15 is 0 Å². The lowest BCUT2D eigenvalue weighted by molar-refractivity contribution is -0.137. The summed E-state index contributed by atoms with van der Waals surface area (Å²) in [6, 6.07) is 2.32. The number of phenols is 1. The summed E-state index contributed by atoms with van der Waals surface area (Å²) < 4.78 is 9.36. The van der Waals surface area contributed by atoms with Crippen molar-refractivity contribution in [2.24, 2.45) is 0 Å². The largest absolute Gasteiger partial charge is 0.504 e. The molecule has 0 aromatic heterocycles. The Bertz CT molecular complexity index is 455. The van der Waals surface area contributed by atoms with Gasteiger partial charge in [-0.1, -0.05) is 11.6 Å². The van der Waals surface area contributed by atoms with Gasteiger partial charge < -0.3 is 14.6 Å². The summed E-state index contributed by atoms with van der Waals surface area (Å²) in [5.41, 5.74) is -0.122. The number of phenolic OH excluding ortho intramolecular Hbond substituents is 1. The maximum Gasteiger partial charge on any atom is 0.379 e. The molecule has 0 fully saturated rings. The number of aromatic hydroxyl groups is 1. The standard InChI is InChI=1S/C11H11ClO5/c1-3-17-11(15)10(14)6-4-8(13)9(16-2)5-7(6)12/h4-5,13H,3H2,1-2H3. The number of ketones is 1. The van der Waals surface area contributed by atoms with E-state index < -0.39 is 11.8 Å². The molecular weight excluding hydrogens is 248 g/mol. The van der Waals surface area contributed by atoms with Gasteiger partial charge in [0.05, 0.1) is 24.3 Å². The quantitative estimate of drug-likeness (QED) is 0.506. The Balaban J connectivity index is 3.11. The minimum absolute atomic E-state index is 0.0118. The third kappa shape index (κ3) is 2.88. The number of Topliss-reactive ketones (excluding diaryl/α,β-unsaturated/α-hetero) is 1. The average molecular weight is 259 g/mol. The number of halogens is 1. The number of methoxy groups -OCH3 is 1. The van der Waals surface area contributed by atoms with Gasteiger partial charge >= 0.3 is 5.97 Å². The van der Waals surface area contributed by atoms with E-state index in [4.69, 9.17) is 16.3 Å². The third-order valence-corrected chi connectivity index (χ3v) is 2.29. The highest BCUT2D eigenvalue weighted by molar-refractivity contribution is 6.45. The van der Waals surface area contributed by atoms with Crippen LogP contribution < -0.4 is 4.74 Å². The number of carbonyl (C=O) groups excluding carboxylic acids is 2. The van der Waals surface area contributed by atoms with Crippen molar-refractivity contribution in [3.8, 4) is 11.5 Å². The van der Waals surface area contributed by atoms with Crippen LogP contribution in [0.4, 0.5) is 0 Å². The highest BCUT2D eigenvalue weighted by Crippen LogP contribution is 2.32. The van der Waals surface area contributed by atoms with Crippen molar-refractivity contribution in [2.75, 3.05) is 13.7 Å². The molecule has 0 aliphatic carbocycles. The number of hydrogen-bond acceptors (Lipinski definition) is 5.